The van der Waals surface area contributed by atoms with Crippen molar-refractivity contribution in [3.8, 4) is 11.5 Å². The zero-order chi connectivity index (χ0) is 19.4. The minimum absolute atomic E-state index is 0.0350. The highest BCUT2D eigenvalue weighted by atomic mass is 79.9. The molecule has 27 heavy (non-hydrogen) atoms. The maximum absolute atomic E-state index is 13.0. The van der Waals surface area contributed by atoms with Gasteiger partial charge in [-0.15, -0.1) is 5.10 Å². The predicted molar refractivity (Wildman–Crippen MR) is 101 cm³/mol. The third kappa shape index (κ3) is 4.71. The van der Waals surface area contributed by atoms with Crippen molar-refractivity contribution in [2.75, 3.05) is 0 Å². The summed E-state index contributed by atoms with van der Waals surface area (Å²) in [6.07, 6.45) is 0.696. The van der Waals surface area contributed by atoms with E-state index in [2.05, 4.69) is 26.3 Å². The van der Waals surface area contributed by atoms with Gasteiger partial charge in [0.05, 0.1) is 6.04 Å². The van der Waals surface area contributed by atoms with Gasteiger partial charge in [0.2, 0.25) is 11.8 Å². The number of aromatic nitrogens is 2. The number of rotatable bonds is 6. The molecule has 0 spiro atoms. The molecule has 0 saturated carbocycles. The van der Waals surface area contributed by atoms with Gasteiger partial charge < -0.3 is 9.73 Å². The Kier molecular flexibility index (Phi) is 5.85. The van der Waals surface area contributed by atoms with Gasteiger partial charge >= 0.3 is 5.76 Å². The van der Waals surface area contributed by atoms with Crippen LogP contribution in [-0.2, 0) is 11.3 Å². The quantitative estimate of drug-likeness (QED) is 0.643. The zero-order valence-corrected chi connectivity index (χ0v) is 16.1. The number of nitrogens with one attached hydrogen (secondary N) is 1. The van der Waals surface area contributed by atoms with Crippen LogP contribution in [0.1, 0.15) is 24.9 Å². The molecule has 1 aromatic heterocycles. The van der Waals surface area contributed by atoms with Crippen LogP contribution < -0.4 is 11.1 Å². The lowest BCUT2D eigenvalue weighted by Gasteiger charge is -2.17. The highest BCUT2D eigenvalue weighted by Crippen LogP contribution is 2.19. The molecule has 0 aliphatic rings. The Morgan fingerprint density at radius 1 is 1.22 bits per heavy atom. The number of hydrogen-bond donors (Lipinski definition) is 1. The average molecular weight is 434 g/mol. The molecule has 1 amide bonds. The van der Waals surface area contributed by atoms with E-state index in [1.54, 1.807) is 0 Å². The summed E-state index contributed by atoms with van der Waals surface area (Å²) in [6, 6.07) is 12.9. The van der Waals surface area contributed by atoms with E-state index in [1.165, 1.54) is 24.3 Å². The van der Waals surface area contributed by atoms with Crippen LogP contribution in [0.15, 0.2) is 62.2 Å². The smallest absolute Gasteiger partial charge is 0.388 e. The Balaban J connectivity index is 1.71. The van der Waals surface area contributed by atoms with Gasteiger partial charge in [-0.2, -0.15) is 4.68 Å². The molecule has 1 heterocycles. The normalized spacial score (nSPS) is 12.0. The number of hydrogen-bond acceptors (Lipinski definition) is 4. The summed E-state index contributed by atoms with van der Waals surface area (Å²) in [4.78, 5) is 24.3. The highest BCUT2D eigenvalue weighted by molar-refractivity contribution is 9.10. The molecule has 140 valence electrons. The van der Waals surface area contributed by atoms with Gasteiger partial charge in [-0.3, -0.25) is 4.79 Å². The Labute approximate surface area is 163 Å². The molecule has 3 aromatic rings. The second kappa shape index (κ2) is 8.30. The summed E-state index contributed by atoms with van der Waals surface area (Å²) in [6.45, 7) is 1.69. The third-order valence-electron chi connectivity index (χ3n) is 4.01. The number of carbonyl (C=O) groups is 1. The fourth-order valence-electron chi connectivity index (χ4n) is 2.61. The number of nitrogens with zero attached hydrogens (tertiary/aromatic N) is 2. The first-order valence-electron chi connectivity index (χ1n) is 8.35. The molecule has 0 radical (unpaired) electrons. The lowest BCUT2D eigenvalue weighted by molar-refractivity contribution is -0.122. The van der Waals surface area contributed by atoms with E-state index in [0.717, 1.165) is 14.7 Å². The van der Waals surface area contributed by atoms with Crippen LogP contribution in [0.5, 0.6) is 0 Å². The van der Waals surface area contributed by atoms with Crippen molar-refractivity contribution in [2.45, 2.75) is 25.9 Å². The average Bonchev–Trinajstić information content (AvgIpc) is 3.01. The van der Waals surface area contributed by atoms with Gasteiger partial charge in [0.25, 0.3) is 0 Å². The Morgan fingerprint density at radius 2 is 1.89 bits per heavy atom. The van der Waals surface area contributed by atoms with Crippen LogP contribution in [0.2, 0.25) is 0 Å². The fourth-order valence-corrected chi connectivity index (χ4v) is 2.87. The Hall–Kier alpha value is -2.74. The molecule has 1 N–H and O–H groups in total. The van der Waals surface area contributed by atoms with E-state index in [1.807, 2.05) is 31.2 Å². The lowest BCUT2D eigenvalue weighted by Crippen LogP contribution is -2.34. The van der Waals surface area contributed by atoms with Crippen molar-refractivity contribution in [1.29, 1.82) is 0 Å². The molecule has 2 aromatic carbocycles. The molecule has 0 bridgehead atoms. The van der Waals surface area contributed by atoms with E-state index in [4.69, 9.17) is 4.42 Å². The first kappa shape index (κ1) is 19.0. The van der Waals surface area contributed by atoms with E-state index in [9.17, 15) is 14.0 Å². The minimum Gasteiger partial charge on any atom is -0.388 e. The molecule has 6 nitrogen and oxygen atoms in total. The standard InChI is InChI=1S/C19H17BrFN3O3/c1-2-16(12-3-7-14(20)8-4-12)22-17(25)11-24-19(26)27-18(23-24)13-5-9-15(21)10-6-13/h3-10,16H,2,11H2,1H3,(H,22,25)/t16-/m1/s1. The molecular weight excluding hydrogens is 417 g/mol. The van der Waals surface area contributed by atoms with Crippen LogP contribution in [0.25, 0.3) is 11.5 Å². The van der Waals surface area contributed by atoms with Crippen molar-refractivity contribution in [3.05, 3.63) is 74.9 Å². The van der Waals surface area contributed by atoms with E-state index < -0.39 is 11.6 Å². The number of carbonyl (C=O) groups excluding carboxylic acids is 1. The van der Waals surface area contributed by atoms with Crippen molar-refractivity contribution in [3.63, 3.8) is 0 Å². The van der Waals surface area contributed by atoms with E-state index >= 15 is 0 Å². The molecule has 0 unspecified atom stereocenters. The largest absolute Gasteiger partial charge is 0.437 e. The SMILES string of the molecule is CC[C@@H](NC(=O)Cn1nc(-c2ccc(F)cc2)oc1=O)c1ccc(Br)cc1. The molecule has 1 atom stereocenters. The summed E-state index contributed by atoms with van der Waals surface area (Å²) < 4.78 is 20.0. The fraction of sp³-hybridized carbons (Fsp3) is 0.211. The first-order chi connectivity index (χ1) is 13.0. The van der Waals surface area contributed by atoms with Crippen molar-refractivity contribution in [1.82, 2.24) is 15.1 Å². The third-order valence-corrected chi connectivity index (χ3v) is 4.54. The van der Waals surface area contributed by atoms with Gasteiger partial charge in [-0.05, 0) is 48.4 Å². The molecule has 0 aliphatic carbocycles. The molecule has 0 aliphatic heterocycles. The van der Waals surface area contributed by atoms with Crippen LogP contribution in [0.4, 0.5) is 4.39 Å². The molecule has 8 heteroatoms. The zero-order valence-electron chi connectivity index (χ0n) is 14.5. The van der Waals surface area contributed by atoms with Crippen molar-refractivity contribution >= 4 is 21.8 Å². The maximum atomic E-state index is 13.0. The predicted octanol–water partition coefficient (Wildman–Crippen LogP) is 3.67. The van der Waals surface area contributed by atoms with Gasteiger partial charge in [0.1, 0.15) is 12.4 Å². The lowest BCUT2D eigenvalue weighted by atomic mass is 10.0. The summed E-state index contributed by atoms with van der Waals surface area (Å²) in [5.74, 6) is -1.47. The maximum Gasteiger partial charge on any atom is 0.437 e. The number of halogens is 2. The molecule has 3 rings (SSSR count). The first-order valence-corrected chi connectivity index (χ1v) is 9.14. The Morgan fingerprint density at radius 3 is 2.52 bits per heavy atom. The summed E-state index contributed by atoms with van der Waals surface area (Å²) >= 11 is 3.38. The minimum atomic E-state index is -0.749. The van der Waals surface area contributed by atoms with Crippen LogP contribution in [0, 0.1) is 5.82 Å². The van der Waals surface area contributed by atoms with E-state index in [-0.39, 0.29) is 24.4 Å². The monoisotopic (exact) mass is 433 g/mol. The van der Waals surface area contributed by atoms with Gasteiger partial charge in [0.15, 0.2) is 0 Å². The molecular formula is C19H17BrFN3O3. The Bertz CT molecular complexity index is 981. The number of amides is 1. The molecule has 0 fully saturated rings. The van der Waals surface area contributed by atoms with Gasteiger partial charge in [-0.25, -0.2) is 9.18 Å². The van der Waals surface area contributed by atoms with E-state index in [0.29, 0.717) is 12.0 Å². The summed E-state index contributed by atoms with van der Waals surface area (Å²) in [5, 5.41) is 6.90. The number of benzene rings is 2. The van der Waals surface area contributed by atoms with Crippen molar-refractivity contribution < 1.29 is 13.6 Å². The molecule has 0 saturated heterocycles. The second-order valence-corrected chi connectivity index (χ2v) is 6.83. The van der Waals surface area contributed by atoms with Crippen LogP contribution in [0.3, 0.4) is 0 Å². The summed E-state index contributed by atoms with van der Waals surface area (Å²) in [7, 11) is 0. The van der Waals surface area contributed by atoms with Gasteiger partial charge in [-0.1, -0.05) is 35.0 Å². The topological polar surface area (TPSA) is 77.1 Å². The van der Waals surface area contributed by atoms with Crippen LogP contribution >= 0.6 is 15.9 Å². The highest BCUT2D eigenvalue weighted by Gasteiger charge is 2.16. The summed E-state index contributed by atoms with van der Waals surface area (Å²) in [5.41, 5.74) is 1.42. The van der Waals surface area contributed by atoms with Crippen molar-refractivity contribution in [2.24, 2.45) is 0 Å². The second-order valence-electron chi connectivity index (χ2n) is 5.92. The van der Waals surface area contributed by atoms with Gasteiger partial charge in [0, 0.05) is 10.0 Å². The van der Waals surface area contributed by atoms with Crippen LogP contribution in [-0.4, -0.2) is 15.7 Å².